The maximum absolute atomic E-state index is 12.8. The summed E-state index contributed by atoms with van der Waals surface area (Å²) in [6.45, 7) is 0.813. The number of piperidine rings is 1. The van der Waals surface area contributed by atoms with Crippen LogP contribution in [0, 0.1) is 5.92 Å². The van der Waals surface area contributed by atoms with Crippen LogP contribution in [0.3, 0.4) is 0 Å². The minimum Gasteiger partial charge on any atom is -0.497 e. The van der Waals surface area contributed by atoms with Gasteiger partial charge in [0.2, 0.25) is 10.0 Å². The summed E-state index contributed by atoms with van der Waals surface area (Å²) in [6, 6.07) is 4.65. The van der Waals surface area contributed by atoms with E-state index in [1.54, 1.807) is 12.1 Å². The topological polar surface area (TPSA) is 76.1 Å². The Bertz CT molecular complexity index is 587. The lowest BCUT2D eigenvalue weighted by atomic mass is 10.0. The molecule has 1 aliphatic rings. The number of benzene rings is 1. The molecule has 2 rings (SSSR count). The predicted molar refractivity (Wildman–Crippen MR) is 78.1 cm³/mol. The molecule has 1 unspecified atom stereocenters. The van der Waals surface area contributed by atoms with Gasteiger partial charge in [0.1, 0.15) is 16.4 Å². The Labute approximate surface area is 125 Å². The second kappa shape index (κ2) is 6.64. The second-order valence-corrected chi connectivity index (χ2v) is 6.98. The van der Waals surface area contributed by atoms with Crippen molar-refractivity contribution >= 4 is 10.0 Å². The third kappa shape index (κ3) is 3.30. The third-order valence-corrected chi connectivity index (χ3v) is 5.63. The molecule has 0 amide bonds. The van der Waals surface area contributed by atoms with E-state index in [4.69, 9.17) is 9.47 Å². The third-order valence-electron chi connectivity index (χ3n) is 3.73. The number of ether oxygens (including phenoxy) is 2. The molecule has 0 aliphatic carbocycles. The van der Waals surface area contributed by atoms with Crippen LogP contribution in [0.5, 0.6) is 11.5 Å². The van der Waals surface area contributed by atoms with Gasteiger partial charge in [-0.15, -0.1) is 0 Å². The molecule has 7 heteroatoms. The van der Waals surface area contributed by atoms with E-state index in [0.29, 0.717) is 18.8 Å². The molecule has 0 bridgehead atoms. The van der Waals surface area contributed by atoms with Gasteiger partial charge in [0.05, 0.1) is 14.2 Å². The molecule has 1 saturated heterocycles. The Morgan fingerprint density at radius 3 is 2.71 bits per heavy atom. The van der Waals surface area contributed by atoms with Crippen LogP contribution >= 0.6 is 0 Å². The molecule has 1 aliphatic heterocycles. The van der Waals surface area contributed by atoms with Crippen molar-refractivity contribution in [2.24, 2.45) is 5.92 Å². The number of aliphatic hydroxyl groups excluding tert-OH is 1. The smallest absolute Gasteiger partial charge is 0.246 e. The zero-order chi connectivity index (χ0) is 15.5. The van der Waals surface area contributed by atoms with Crippen LogP contribution in [-0.4, -0.2) is 51.7 Å². The van der Waals surface area contributed by atoms with E-state index >= 15 is 0 Å². The summed E-state index contributed by atoms with van der Waals surface area (Å²) < 4.78 is 37.2. The molecule has 0 spiro atoms. The van der Waals surface area contributed by atoms with E-state index in [0.717, 1.165) is 12.8 Å². The van der Waals surface area contributed by atoms with Crippen LogP contribution in [-0.2, 0) is 10.0 Å². The van der Waals surface area contributed by atoms with Crippen molar-refractivity contribution in [1.82, 2.24) is 4.31 Å². The normalized spacial score (nSPS) is 20.2. The van der Waals surface area contributed by atoms with Gasteiger partial charge in [-0.3, -0.25) is 0 Å². The van der Waals surface area contributed by atoms with E-state index < -0.39 is 10.0 Å². The van der Waals surface area contributed by atoms with E-state index in [1.807, 2.05) is 0 Å². The first-order valence-electron chi connectivity index (χ1n) is 6.86. The van der Waals surface area contributed by atoms with Crippen molar-refractivity contribution in [3.63, 3.8) is 0 Å². The monoisotopic (exact) mass is 315 g/mol. The fraction of sp³-hybridized carbons (Fsp3) is 0.571. The minimum absolute atomic E-state index is 0.00207. The molecule has 0 saturated carbocycles. The number of rotatable bonds is 5. The van der Waals surface area contributed by atoms with Crippen LogP contribution in [0.15, 0.2) is 23.1 Å². The summed E-state index contributed by atoms with van der Waals surface area (Å²) in [5, 5.41) is 9.25. The molecule has 1 heterocycles. The molecule has 1 aromatic carbocycles. The standard InChI is InChI=1S/C14H21NO5S/c1-19-12-5-6-14(13(8-12)20-2)21(17,18)15-7-3-4-11(9-15)10-16/h5-6,8,11,16H,3-4,7,9-10H2,1-2H3. The van der Waals surface area contributed by atoms with Gasteiger partial charge in [-0.25, -0.2) is 8.42 Å². The zero-order valence-electron chi connectivity index (χ0n) is 12.3. The van der Waals surface area contributed by atoms with Gasteiger partial charge in [0.15, 0.2) is 0 Å². The zero-order valence-corrected chi connectivity index (χ0v) is 13.1. The minimum atomic E-state index is -3.63. The van der Waals surface area contributed by atoms with E-state index in [-0.39, 0.29) is 23.2 Å². The Morgan fingerprint density at radius 2 is 2.10 bits per heavy atom. The van der Waals surface area contributed by atoms with E-state index in [9.17, 15) is 13.5 Å². The Balaban J connectivity index is 2.35. The maximum Gasteiger partial charge on any atom is 0.246 e. The van der Waals surface area contributed by atoms with Crippen molar-refractivity contribution in [2.75, 3.05) is 33.9 Å². The summed E-state index contributed by atoms with van der Waals surface area (Å²) >= 11 is 0. The molecule has 1 atom stereocenters. The summed E-state index contributed by atoms with van der Waals surface area (Å²) in [5.41, 5.74) is 0. The molecule has 1 fully saturated rings. The maximum atomic E-state index is 12.8. The van der Waals surface area contributed by atoms with Crippen LogP contribution in [0.4, 0.5) is 0 Å². The average molecular weight is 315 g/mol. The number of methoxy groups -OCH3 is 2. The highest BCUT2D eigenvalue weighted by molar-refractivity contribution is 7.89. The molecule has 1 N–H and O–H groups in total. The van der Waals surface area contributed by atoms with E-state index in [2.05, 4.69) is 0 Å². The molecule has 21 heavy (non-hydrogen) atoms. The molecule has 0 aromatic heterocycles. The second-order valence-electron chi connectivity index (χ2n) is 5.07. The fourth-order valence-electron chi connectivity index (χ4n) is 2.52. The molecule has 0 radical (unpaired) electrons. The van der Waals surface area contributed by atoms with Gasteiger partial charge in [0, 0.05) is 25.8 Å². The van der Waals surface area contributed by atoms with Crippen LogP contribution < -0.4 is 9.47 Å². The predicted octanol–water partition coefficient (Wildman–Crippen LogP) is 1.10. The van der Waals surface area contributed by atoms with Crippen molar-refractivity contribution in [2.45, 2.75) is 17.7 Å². The lowest BCUT2D eigenvalue weighted by Crippen LogP contribution is -2.40. The summed E-state index contributed by atoms with van der Waals surface area (Å²) in [7, 11) is -0.687. The Morgan fingerprint density at radius 1 is 1.33 bits per heavy atom. The van der Waals surface area contributed by atoms with Crippen LogP contribution in [0.1, 0.15) is 12.8 Å². The highest BCUT2D eigenvalue weighted by Gasteiger charge is 2.32. The summed E-state index contributed by atoms with van der Waals surface area (Å²) in [5.74, 6) is 0.802. The SMILES string of the molecule is COc1ccc(S(=O)(=O)N2CCCC(CO)C2)c(OC)c1. The first kappa shape index (κ1) is 16.1. The van der Waals surface area contributed by atoms with Gasteiger partial charge in [0.25, 0.3) is 0 Å². The highest BCUT2D eigenvalue weighted by atomic mass is 32.2. The van der Waals surface area contributed by atoms with Crippen LogP contribution in [0.25, 0.3) is 0 Å². The number of nitrogens with zero attached hydrogens (tertiary/aromatic N) is 1. The first-order chi connectivity index (χ1) is 10.0. The molecule has 6 nitrogen and oxygen atoms in total. The number of sulfonamides is 1. The van der Waals surface area contributed by atoms with E-state index in [1.165, 1.54) is 24.6 Å². The van der Waals surface area contributed by atoms with Gasteiger partial charge in [-0.1, -0.05) is 0 Å². The number of hydrogen-bond acceptors (Lipinski definition) is 5. The van der Waals surface area contributed by atoms with Gasteiger partial charge >= 0.3 is 0 Å². The quantitative estimate of drug-likeness (QED) is 0.880. The fourth-order valence-corrected chi connectivity index (χ4v) is 4.21. The lowest BCUT2D eigenvalue weighted by molar-refractivity contribution is 0.165. The van der Waals surface area contributed by atoms with Gasteiger partial charge < -0.3 is 14.6 Å². The van der Waals surface area contributed by atoms with Crippen molar-refractivity contribution in [1.29, 1.82) is 0 Å². The lowest BCUT2D eigenvalue weighted by Gasteiger charge is -2.31. The largest absolute Gasteiger partial charge is 0.497 e. The molecular formula is C14H21NO5S. The van der Waals surface area contributed by atoms with Gasteiger partial charge in [-0.05, 0) is 30.9 Å². The van der Waals surface area contributed by atoms with Crippen molar-refractivity contribution in [3.8, 4) is 11.5 Å². The van der Waals surface area contributed by atoms with Crippen LogP contribution in [0.2, 0.25) is 0 Å². The Kier molecular flexibility index (Phi) is 5.08. The number of hydrogen-bond donors (Lipinski definition) is 1. The molecule has 1 aromatic rings. The van der Waals surface area contributed by atoms with Crippen molar-refractivity contribution < 1.29 is 23.0 Å². The first-order valence-corrected chi connectivity index (χ1v) is 8.30. The van der Waals surface area contributed by atoms with Gasteiger partial charge in [-0.2, -0.15) is 4.31 Å². The summed E-state index contributed by atoms with van der Waals surface area (Å²) in [6.07, 6.45) is 1.60. The Hall–Kier alpha value is -1.31. The number of aliphatic hydroxyl groups is 1. The van der Waals surface area contributed by atoms with Crippen molar-refractivity contribution in [3.05, 3.63) is 18.2 Å². The average Bonchev–Trinajstić information content (AvgIpc) is 2.54. The highest BCUT2D eigenvalue weighted by Crippen LogP contribution is 2.32. The molecular weight excluding hydrogens is 294 g/mol. The molecule has 118 valence electrons. The summed E-state index contributed by atoms with van der Waals surface area (Å²) in [4.78, 5) is 0.129.